The Labute approximate surface area is 200 Å². The van der Waals surface area contributed by atoms with Crippen molar-refractivity contribution in [3.63, 3.8) is 0 Å². The van der Waals surface area contributed by atoms with Gasteiger partial charge in [0.2, 0.25) is 5.91 Å². The molecule has 1 aliphatic rings. The highest BCUT2D eigenvalue weighted by Crippen LogP contribution is 2.41. The molecule has 1 saturated carbocycles. The molecule has 5 rings (SSSR count). The monoisotopic (exact) mass is 479 g/mol. The molecule has 9 heteroatoms. The molecule has 0 unspecified atom stereocenters. The van der Waals surface area contributed by atoms with Gasteiger partial charge < -0.3 is 9.32 Å². The van der Waals surface area contributed by atoms with Crippen molar-refractivity contribution in [2.45, 2.75) is 30.6 Å². The van der Waals surface area contributed by atoms with Crippen molar-refractivity contribution >= 4 is 29.3 Å². The second-order valence-corrected chi connectivity index (χ2v) is 9.34. The number of hydrogen-bond acceptors (Lipinski definition) is 6. The second-order valence-electron chi connectivity index (χ2n) is 7.96. The Kier molecular flexibility index (Phi) is 6.20. The summed E-state index contributed by atoms with van der Waals surface area (Å²) in [6.45, 7) is 0.392. The summed E-state index contributed by atoms with van der Waals surface area (Å²) in [7, 11) is 1.78. The van der Waals surface area contributed by atoms with E-state index in [-0.39, 0.29) is 11.7 Å². The van der Waals surface area contributed by atoms with Crippen LogP contribution in [0.25, 0.3) is 22.7 Å². The summed E-state index contributed by atoms with van der Waals surface area (Å²) in [4.78, 5) is 18.6. The molecule has 3 heterocycles. The molecule has 0 spiro atoms. The normalized spacial score (nSPS) is 13.3. The molecular formula is C24H22ClN5O2S. The summed E-state index contributed by atoms with van der Waals surface area (Å²) in [5, 5.41) is 10.2. The third-order valence-electron chi connectivity index (χ3n) is 5.43. The van der Waals surface area contributed by atoms with Crippen molar-refractivity contribution in [2.75, 3.05) is 12.8 Å². The minimum atomic E-state index is -0.00211. The average Bonchev–Trinajstić information content (AvgIpc) is 3.41. The van der Waals surface area contributed by atoms with Crippen LogP contribution in [0.1, 0.15) is 24.6 Å². The van der Waals surface area contributed by atoms with Crippen LogP contribution in [0.5, 0.6) is 0 Å². The van der Waals surface area contributed by atoms with Crippen molar-refractivity contribution in [3.05, 3.63) is 71.7 Å². The number of aromatic nitrogens is 4. The molecule has 1 aromatic carbocycles. The van der Waals surface area contributed by atoms with Gasteiger partial charge in [-0.3, -0.25) is 14.3 Å². The minimum absolute atomic E-state index is 0.00211. The van der Waals surface area contributed by atoms with Gasteiger partial charge in [0.05, 0.1) is 12.3 Å². The standard InChI is InChI=1S/C24H22ClN5O2S/c1-29(14-20-10-11-21(32-20)16-4-6-18(25)7-5-16)22(31)15-33-24-28-27-23(30(24)19-8-9-19)17-3-2-12-26-13-17/h2-7,10-13,19H,8-9,14-15H2,1H3. The van der Waals surface area contributed by atoms with E-state index in [1.807, 2.05) is 48.5 Å². The van der Waals surface area contributed by atoms with Crippen LogP contribution in [0, 0.1) is 0 Å². The van der Waals surface area contributed by atoms with Crippen LogP contribution < -0.4 is 0 Å². The number of carbonyl (C=O) groups is 1. The Hall–Kier alpha value is -3.10. The molecule has 33 heavy (non-hydrogen) atoms. The Morgan fingerprint density at radius 1 is 1.15 bits per heavy atom. The predicted molar refractivity (Wildman–Crippen MR) is 128 cm³/mol. The highest BCUT2D eigenvalue weighted by atomic mass is 35.5. The van der Waals surface area contributed by atoms with Gasteiger partial charge in [0.25, 0.3) is 0 Å². The first-order valence-electron chi connectivity index (χ1n) is 10.6. The number of carbonyl (C=O) groups excluding carboxylic acids is 1. The fourth-order valence-corrected chi connectivity index (χ4v) is 4.59. The summed E-state index contributed by atoms with van der Waals surface area (Å²) in [5.74, 6) is 2.55. The molecule has 3 aromatic heterocycles. The summed E-state index contributed by atoms with van der Waals surface area (Å²) < 4.78 is 8.07. The van der Waals surface area contributed by atoms with Crippen LogP contribution in [-0.2, 0) is 11.3 Å². The van der Waals surface area contributed by atoms with E-state index in [0.29, 0.717) is 17.6 Å². The number of amides is 1. The van der Waals surface area contributed by atoms with Crippen molar-refractivity contribution < 1.29 is 9.21 Å². The lowest BCUT2D eigenvalue weighted by atomic mass is 10.2. The zero-order chi connectivity index (χ0) is 22.8. The van der Waals surface area contributed by atoms with Crippen LogP contribution in [0.3, 0.4) is 0 Å². The van der Waals surface area contributed by atoms with Crippen molar-refractivity contribution in [1.82, 2.24) is 24.6 Å². The zero-order valence-corrected chi connectivity index (χ0v) is 19.6. The van der Waals surface area contributed by atoms with Crippen molar-refractivity contribution in [3.8, 4) is 22.7 Å². The third-order valence-corrected chi connectivity index (χ3v) is 6.61. The predicted octanol–water partition coefficient (Wildman–Crippen LogP) is 5.34. The molecule has 0 aliphatic heterocycles. The topological polar surface area (TPSA) is 77.1 Å². The average molecular weight is 480 g/mol. The number of thioether (sulfide) groups is 1. The SMILES string of the molecule is CN(Cc1ccc(-c2ccc(Cl)cc2)o1)C(=O)CSc1nnc(-c2cccnc2)n1C1CC1. The van der Waals surface area contributed by atoms with Gasteiger partial charge >= 0.3 is 0 Å². The van der Waals surface area contributed by atoms with Crippen LogP contribution in [-0.4, -0.2) is 43.4 Å². The zero-order valence-electron chi connectivity index (χ0n) is 18.0. The fraction of sp³-hybridized carbons (Fsp3) is 0.250. The van der Waals surface area contributed by atoms with Crippen LogP contribution in [0.2, 0.25) is 5.02 Å². The highest BCUT2D eigenvalue weighted by Gasteiger charge is 2.30. The molecule has 1 aliphatic carbocycles. The molecule has 0 saturated heterocycles. The smallest absolute Gasteiger partial charge is 0.233 e. The molecule has 0 N–H and O–H groups in total. The molecular weight excluding hydrogens is 458 g/mol. The van der Waals surface area contributed by atoms with E-state index in [9.17, 15) is 4.79 Å². The summed E-state index contributed by atoms with van der Waals surface area (Å²) in [6, 6.07) is 15.5. The molecule has 1 amide bonds. The lowest BCUT2D eigenvalue weighted by Crippen LogP contribution is -2.27. The van der Waals surface area contributed by atoms with Gasteiger partial charge in [0.1, 0.15) is 11.5 Å². The van der Waals surface area contributed by atoms with Gasteiger partial charge in [-0.2, -0.15) is 0 Å². The minimum Gasteiger partial charge on any atom is -0.459 e. The molecule has 1 fully saturated rings. The van der Waals surface area contributed by atoms with Crippen LogP contribution in [0.15, 0.2) is 70.5 Å². The number of furan rings is 1. The van der Waals surface area contributed by atoms with Gasteiger partial charge in [-0.05, 0) is 61.4 Å². The maximum atomic E-state index is 12.8. The highest BCUT2D eigenvalue weighted by molar-refractivity contribution is 7.99. The van der Waals surface area contributed by atoms with E-state index >= 15 is 0 Å². The quantitative estimate of drug-likeness (QED) is 0.317. The Morgan fingerprint density at radius 2 is 1.97 bits per heavy atom. The Balaban J connectivity index is 1.22. The molecule has 7 nitrogen and oxygen atoms in total. The van der Waals surface area contributed by atoms with Gasteiger partial charge in [-0.15, -0.1) is 10.2 Å². The van der Waals surface area contributed by atoms with Gasteiger partial charge in [0, 0.05) is 41.6 Å². The van der Waals surface area contributed by atoms with Crippen LogP contribution in [0.4, 0.5) is 0 Å². The number of hydrogen-bond donors (Lipinski definition) is 0. The number of rotatable bonds is 8. The van der Waals surface area contributed by atoms with E-state index in [1.165, 1.54) is 11.8 Å². The van der Waals surface area contributed by atoms with E-state index in [1.54, 1.807) is 24.3 Å². The molecule has 0 bridgehead atoms. The number of halogens is 1. The van der Waals surface area contributed by atoms with Gasteiger partial charge in [0.15, 0.2) is 11.0 Å². The van der Waals surface area contributed by atoms with Crippen molar-refractivity contribution in [1.29, 1.82) is 0 Å². The first-order chi connectivity index (χ1) is 16.1. The summed E-state index contributed by atoms with van der Waals surface area (Å²) >= 11 is 7.37. The first kappa shape index (κ1) is 21.7. The largest absolute Gasteiger partial charge is 0.459 e. The first-order valence-corrected chi connectivity index (χ1v) is 12.0. The number of benzene rings is 1. The lowest BCUT2D eigenvalue weighted by molar-refractivity contribution is -0.127. The van der Waals surface area contributed by atoms with E-state index in [0.717, 1.165) is 46.5 Å². The maximum Gasteiger partial charge on any atom is 0.233 e. The van der Waals surface area contributed by atoms with Gasteiger partial charge in [-0.1, -0.05) is 23.4 Å². The van der Waals surface area contributed by atoms with E-state index in [4.69, 9.17) is 16.0 Å². The van der Waals surface area contributed by atoms with Gasteiger partial charge in [-0.25, -0.2) is 0 Å². The Morgan fingerprint density at radius 3 is 2.70 bits per heavy atom. The number of nitrogens with zero attached hydrogens (tertiary/aromatic N) is 5. The van der Waals surface area contributed by atoms with E-state index in [2.05, 4.69) is 19.7 Å². The number of pyridine rings is 1. The molecule has 4 aromatic rings. The molecule has 0 radical (unpaired) electrons. The third kappa shape index (κ3) is 4.96. The Bertz CT molecular complexity index is 1250. The maximum absolute atomic E-state index is 12.8. The molecule has 168 valence electrons. The van der Waals surface area contributed by atoms with Crippen LogP contribution >= 0.6 is 23.4 Å². The van der Waals surface area contributed by atoms with E-state index < -0.39 is 0 Å². The van der Waals surface area contributed by atoms with Crippen molar-refractivity contribution in [2.24, 2.45) is 0 Å². The fourth-order valence-electron chi connectivity index (χ4n) is 3.52. The lowest BCUT2D eigenvalue weighted by Gasteiger charge is -2.15. The second kappa shape index (κ2) is 9.41. The summed E-state index contributed by atoms with van der Waals surface area (Å²) in [6.07, 6.45) is 5.73. The summed E-state index contributed by atoms with van der Waals surface area (Å²) in [5.41, 5.74) is 1.88. The molecule has 0 atom stereocenters.